The van der Waals surface area contributed by atoms with E-state index in [1.807, 2.05) is 19.1 Å². The van der Waals surface area contributed by atoms with Crippen molar-refractivity contribution in [2.75, 3.05) is 6.61 Å². The molecule has 0 amide bonds. The molecule has 1 aromatic rings. The standard InChI is InChI=1S/C17H28N2O2/c1-12(2)18-10-15-16(7-6-13(3)19-15)20-11-14-8-9-17(4,5)21-14/h6-7,12,14,18H,8-11H2,1-5H3. The molecule has 1 fully saturated rings. The Morgan fingerprint density at radius 2 is 2.19 bits per heavy atom. The zero-order valence-electron chi connectivity index (χ0n) is 13.9. The minimum atomic E-state index is -0.0123. The van der Waals surface area contributed by atoms with Crippen molar-refractivity contribution in [2.45, 2.75) is 71.8 Å². The second-order valence-corrected chi connectivity index (χ2v) is 6.78. The van der Waals surface area contributed by atoms with Crippen LogP contribution in [0.4, 0.5) is 0 Å². The van der Waals surface area contributed by atoms with Crippen LogP contribution in [0.25, 0.3) is 0 Å². The Morgan fingerprint density at radius 3 is 2.81 bits per heavy atom. The number of nitrogens with one attached hydrogen (secondary N) is 1. The lowest BCUT2D eigenvalue weighted by atomic mass is 10.1. The first kappa shape index (κ1) is 16.2. The number of hydrogen-bond donors (Lipinski definition) is 1. The fourth-order valence-corrected chi connectivity index (χ4v) is 2.53. The van der Waals surface area contributed by atoms with Gasteiger partial charge < -0.3 is 14.8 Å². The van der Waals surface area contributed by atoms with Gasteiger partial charge in [-0.2, -0.15) is 0 Å². The molecule has 2 heterocycles. The highest BCUT2D eigenvalue weighted by atomic mass is 16.6. The summed E-state index contributed by atoms with van der Waals surface area (Å²) in [5.74, 6) is 0.863. The van der Waals surface area contributed by atoms with Crippen molar-refractivity contribution in [1.29, 1.82) is 0 Å². The number of aryl methyl sites for hydroxylation is 1. The average Bonchev–Trinajstić information content (AvgIpc) is 2.75. The molecule has 0 spiro atoms. The fraction of sp³-hybridized carbons (Fsp3) is 0.706. The molecule has 1 aliphatic heterocycles. The van der Waals surface area contributed by atoms with Crippen molar-refractivity contribution >= 4 is 0 Å². The van der Waals surface area contributed by atoms with Gasteiger partial charge in [-0.05, 0) is 45.7 Å². The third-order valence-corrected chi connectivity index (χ3v) is 3.73. The summed E-state index contributed by atoms with van der Waals surface area (Å²) >= 11 is 0. The van der Waals surface area contributed by atoms with E-state index in [0.29, 0.717) is 12.6 Å². The molecule has 2 rings (SSSR count). The van der Waals surface area contributed by atoms with E-state index in [2.05, 4.69) is 38.0 Å². The third-order valence-electron chi connectivity index (χ3n) is 3.73. The van der Waals surface area contributed by atoms with Gasteiger partial charge >= 0.3 is 0 Å². The summed E-state index contributed by atoms with van der Waals surface area (Å²) in [6.07, 6.45) is 2.34. The smallest absolute Gasteiger partial charge is 0.142 e. The Morgan fingerprint density at radius 1 is 1.43 bits per heavy atom. The molecule has 1 aromatic heterocycles. The largest absolute Gasteiger partial charge is 0.489 e. The number of pyridine rings is 1. The Labute approximate surface area is 128 Å². The normalized spacial score (nSPS) is 21.0. The maximum Gasteiger partial charge on any atom is 0.142 e. The lowest BCUT2D eigenvalue weighted by Gasteiger charge is -2.20. The third kappa shape index (κ3) is 4.97. The van der Waals surface area contributed by atoms with Gasteiger partial charge in [0.25, 0.3) is 0 Å². The van der Waals surface area contributed by atoms with E-state index in [-0.39, 0.29) is 11.7 Å². The maximum atomic E-state index is 5.97. The second-order valence-electron chi connectivity index (χ2n) is 6.78. The van der Waals surface area contributed by atoms with Gasteiger partial charge in [0.15, 0.2) is 0 Å². The Hall–Kier alpha value is -1.13. The van der Waals surface area contributed by atoms with Crippen LogP contribution in [-0.2, 0) is 11.3 Å². The van der Waals surface area contributed by atoms with Crippen LogP contribution in [0.1, 0.15) is 51.9 Å². The zero-order valence-corrected chi connectivity index (χ0v) is 13.9. The van der Waals surface area contributed by atoms with Crippen LogP contribution in [0, 0.1) is 6.92 Å². The minimum Gasteiger partial charge on any atom is -0.489 e. The lowest BCUT2D eigenvalue weighted by Crippen LogP contribution is -2.25. The Bertz CT molecular complexity index is 472. The molecule has 1 N–H and O–H groups in total. The van der Waals surface area contributed by atoms with Gasteiger partial charge in [0.2, 0.25) is 0 Å². The van der Waals surface area contributed by atoms with E-state index in [1.54, 1.807) is 0 Å². The van der Waals surface area contributed by atoms with Crippen molar-refractivity contribution in [3.05, 3.63) is 23.5 Å². The Kier molecular flexibility index (Phi) is 5.22. The van der Waals surface area contributed by atoms with Gasteiger partial charge in [-0.25, -0.2) is 0 Å². The summed E-state index contributed by atoms with van der Waals surface area (Å²) in [5, 5.41) is 3.40. The van der Waals surface area contributed by atoms with Crippen molar-refractivity contribution in [1.82, 2.24) is 10.3 Å². The molecule has 0 radical (unpaired) electrons. The summed E-state index contributed by atoms with van der Waals surface area (Å²) in [4.78, 5) is 4.59. The summed E-state index contributed by atoms with van der Waals surface area (Å²) < 4.78 is 11.9. The summed E-state index contributed by atoms with van der Waals surface area (Å²) in [6, 6.07) is 4.44. The molecule has 4 nitrogen and oxygen atoms in total. The van der Waals surface area contributed by atoms with Crippen LogP contribution < -0.4 is 10.1 Å². The molecule has 21 heavy (non-hydrogen) atoms. The number of nitrogens with zero attached hydrogens (tertiary/aromatic N) is 1. The molecule has 0 aliphatic carbocycles. The van der Waals surface area contributed by atoms with Crippen LogP contribution in [0.2, 0.25) is 0 Å². The predicted molar refractivity (Wildman–Crippen MR) is 84.6 cm³/mol. The summed E-state index contributed by atoms with van der Waals surface area (Å²) in [6.45, 7) is 11.9. The highest BCUT2D eigenvalue weighted by molar-refractivity contribution is 5.29. The van der Waals surface area contributed by atoms with Crippen LogP contribution in [0.5, 0.6) is 5.75 Å². The molecule has 1 aliphatic rings. The van der Waals surface area contributed by atoms with Crippen molar-refractivity contribution in [3.8, 4) is 5.75 Å². The van der Waals surface area contributed by atoms with Crippen LogP contribution in [-0.4, -0.2) is 29.3 Å². The average molecular weight is 292 g/mol. The first-order chi connectivity index (χ1) is 9.85. The van der Waals surface area contributed by atoms with E-state index in [9.17, 15) is 0 Å². The molecule has 0 aromatic carbocycles. The fourth-order valence-electron chi connectivity index (χ4n) is 2.53. The van der Waals surface area contributed by atoms with Gasteiger partial charge in [0.1, 0.15) is 12.4 Å². The maximum absolute atomic E-state index is 5.97. The Balaban J connectivity index is 1.95. The molecular formula is C17H28N2O2. The van der Waals surface area contributed by atoms with Crippen molar-refractivity contribution in [3.63, 3.8) is 0 Å². The van der Waals surface area contributed by atoms with Crippen molar-refractivity contribution in [2.24, 2.45) is 0 Å². The monoisotopic (exact) mass is 292 g/mol. The topological polar surface area (TPSA) is 43.4 Å². The number of rotatable bonds is 6. The van der Waals surface area contributed by atoms with E-state index >= 15 is 0 Å². The molecule has 0 saturated carbocycles. The van der Waals surface area contributed by atoms with Gasteiger partial charge in [-0.3, -0.25) is 4.98 Å². The van der Waals surface area contributed by atoms with Gasteiger partial charge in [-0.15, -0.1) is 0 Å². The quantitative estimate of drug-likeness (QED) is 0.874. The highest BCUT2D eigenvalue weighted by Crippen LogP contribution is 2.30. The minimum absolute atomic E-state index is 0.0123. The number of ether oxygens (including phenoxy) is 2. The van der Waals surface area contributed by atoms with E-state index in [1.165, 1.54) is 0 Å². The molecule has 118 valence electrons. The van der Waals surface area contributed by atoms with E-state index in [0.717, 1.165) is 36.5 Å². The first-order valence-electron chi connectivity index (χ1n) is 7.86. The molecule has 0 bridgehead atoms. The lowest BCUT2D eigenvalue weighted by molar-refractivity contribution is -0.0328. The molecule has 1 saturated heterocycles. The molecule has 4 heteroatoms. The highest BCUT2D eigenvalue weighted by Gasteiger charge is 2.32. The molecular weight excluding hydrogens is 264 g/mol. The first-order valence-corrected chi connectivity index (χ1v) is 7.86. The summed E-state index contributed by atoms with van der Waals surface area (Å²) in [7, 11) is 0. The number of hydrogen-bond acceptors (Lipinski definition) is 4. The molecule has 1 atom stereocenters. The van der Waals surface area contributed by atoms with Crippen LogP contribution in [0.3, 0.4) is 0 Å². The SMILES string of the molecule is Cc1ccc(OCC2CCC(C)(C)O2)c(CNC(C)C)n1. The number of aromatic nitrogens is 1. The van der Waals surface area contributed by atoms with Crippen LogP contribution >= 0.6 is 0 Å². The molecule has 1 unspecified atom stereocenters. The van der Waals surface area contributed by atoms with Gasteiger partial charge in [0.05, 0.1) is 17.4 Å². The van der Waals surface area contributed by atoms with E-state index < -0.39 is 0 Å². The van der Waals surface area contributed by atoms with Gasteiger partial charge in [-0.1, -0.05) is 13.8 Å². The summed E-state index contributed by atoms with van der Waals surface area (Å²) in [5.41, 5.74) is 1.98. The van der Waals surface area contributed by atoms with Crippen LogP contribution in [0.15, 0.2) is 12.1 Å². The van der Waals surface area contributed by atoms with Crippen molar-refractivity contribution < 1.29 is 9.47 Å². The van der Waals surface area contributed by atoms with Gasteiger partial charge in [0, 0.05) is 18.3 Å². The predicted octanol–water partition coefficient (Wildman–Crippen LogP) is 3.22. The zero-order chi connectivity index (χ0) is 15.5. The second kappa shape index (κ2) is 6.75. The van der Waals surface area contributed by atoms with E-state index in [4.69, 9.17) is 9.47 Å².